The smallest absolute Gasteiger partial charge is 0.224 e. The maximum Gasteiger partial charge on any atom is 0.224 e. The average Bonchev–Trinajstić information content (AvgIpc) is 2.53. The Morgan fingerprint density at radius 3 is 2.52 bits per heavy atom. The first-order chi connectivity index (χ1) is 10.2. The molecule has 0 bridgehead atoms. The summed E-state index contributed by atoms with van der Waals surface area (Å²) in [7, 11) is 0. The van der Waals surface area contributed by atoms with E-state index in [2.05, 4.69) is 46.5 Å². The molecule has 1 aromatic heterocycles. The molecule has 21 heavy (non-hydrogen) atoms. The number of aromatic nitrogens is 2. The SMILES string of the molecule is CC(CNc1nc(Cl)nc2ccccc12)c1ccccc1. The predicted octanol–water partition coefficient (Wildman–Crippen LogP) is 4.50. The molecule has 1 N–H and O–H groups in total. The first-order valence-corrected chi connectivity index (χ1v) is 7.33. The van der Waals surface area contributed by atoms with E-state index >= 15 is 0 Å². The average molecular weight is 298 g/mol. The van der Waals surface area contributed by atoms with E-state index in [0.29, 0.717) is 5.92 Å². The van der Waals surface area contributed by atoms with Crippen LogP contribution in [0.25, 0.3) is 10.9 Å². The summed E-state index contributed by atoms with van der Waals surface area (Å²) in [5.74, 6) is 1.17. The fourth-order valence-corrected chi connectivity index (χ4v) is 2.51. The molecule has 0 radical (unpaired) electrons. The molecule has 4 heteroatoms. The van der Waals surface area contributed by atoms with Crippen LogP contribution in [0, 0.1) is 0 Å². The number of hydrogen-bond acceptors (Lipinski definition) is 3. The lowest BCUT2D eigenvalue weighted by atomic mass is 10.0. The van der Waals surface area contributed by atoms with Crippen LogP contribution >= 0.6 is 11.6 Å². The maximum atomic E-state index is 5.99. The Bertz CT molecular complexity index is 743. The van der Waals surface area contributed by atoms with E-state index < -0.39 is 0 Å². The monoisotopic (exact) mass is 297 g/mol. The highest BCUT2D eigenvalue weighted by atomic mass is 35.5. The molecule has 1 heterocycles. The van der Waals surface area contributed by atoms with Crippen LogP contribution in [-0.2, 0) is 0 Å². The minimum atomic E-state index is 0.267. The van der Waals surface area contributed by atoms with Crippen molar-refractivity contribution in [2.45, 2.75) is 12.8 Å². The standard InChI is InChI=1S/C17H16ClN3/c1-12(13-7-3-2-4-8-13)11-19-16-14-9-5-6-10-15(14)20-17(18)21-16/h2-10,12H,11H2,1H3,(H,19,20,21). The van der Waals surface area contributed by atoms with Crippen molar-refractivity contribution in [2.24, 2.45) is 0 Å². The van der Waals surface area contributed by atoms with Crippen molar-refractivity contribution in [3.63, 3.8) is 0 Å². The Hall–Kier alpha value is -2.13. The minimum Gasteiger partial charge on any atom is -0.369 e. The van der Waals surface area contributed by atoms with E-state index in [0.717, 1.165) is 23.3 Å². The molecule has 0 aliphatic carbocycles. The Kier molecular flexibility index (Phi) is 4.02. The number of nitrogens with zero attached hydrogens (tertiary/aromatic N) is 2. The lowest BCUT2D eigenvalue weighted by molar-refractivity contribution is 0.802. The van der Waals surface area contributed by atoms with Gasteiger partial charge in [0.25, 0.3) is 0 Å². The zero-order valence-electron chi connectivity index (χ0n) is 11.8. The van der Waals surface area contributed by atoms with Gasteiger partial charge in [-0.3, -0.25) is 0 Å². The molecule has 0 aliphatic heterocycles. The van der Waals surface area contributed by atoms with Crippen molar-refractivity contribution >= 4 is 28.3 Å². The molecule has 0 aliphatic rings. The number of hydrogen-bond donors (Lipinski definition) is 1. The van der Waals surface area contributed by atoms with Crippen LogP contribution < -0.4 is 5.32 Å². The number of rotatable bonds is 4. The van der Waals surface area contributed by atoms with E-state index in [-0.39, 0.29) is 5.28 Å². The van der Waals surface area contributed by atoms with Crippen molar-refractivity contribution < 1.29 is 0 Å². The summed E-state index contributed by atoms with van der Waals surface area (Å²) in [5.41, 5.74) is 2.15. The van der Waals surface area contributed by atoms with E-state index in [9.17, 15) is 0 Å². The largest absolute Gasteiger partial charge is 0.369 e. The summed E-state index contributed by atoms with van der Waals surface area (Å²) in [4.78, 5) is 8.55. The molecule has 0 amide bonds. The van der Waals surface area contributed by atoms with E-state index in [1.54, 1.807) is 0 Å². The molecule has 0 saturated heterocycles. The second-order valence-corrected chi connectivity index (χ2v) is 5.39. The zero-order chi connectivity index (χ0) is 14.7. The third-order valence-electron chi connectivity index (χ3n) is 3.52. The fourth-order valence-electron chi connectivity index (χ4n) is 2.33. The quantitative estimate of drug-likeness (QED) is 0.721. The molecule has 0 saturated carbocycles. The van der Waals surface area contributed by atoms with Crippen molar-refractivity contribution in [1.82, 2.24) is 9.97 Å². The van der Waals surface area contributed by atoms with Crippen molar-refractivity contribution in [3.8, 4) is 0 Å². The molecule has 0 spiro atoms. The van der Waals surface area contributed by atoms with Gasteiger partial charge >= 0.3 is 0 Å². The lowest BCUT2D eigenvalue weighted by Crippen LogP contribution is -2.11. The highest BCUT2D eigenvalue weighted by Crippen LogP contribution is 2.23. The number of para-hydroxylation sites is 1. The summed E-state index contributed by atoms with van der Waals surface area (Å²) in [5, 5.41) is 4.65. The molecule has 3 rings (SSSR count). The topological polar surface area (TPSA) is 37.8 Å². The van der Waals surface area contributed by atoms with Gasteiger partial charge < -0.3 is 5.32 Å². The van der Waals surface area contributed by atoms with Crippen molar-refractivity contribution in [3.05, 3.63) is 65.4 Å². The predicted molar refractivity (Wildman–Crippen MR) is 87.9 cm³/mol. The van der Waals surface area contributed by atoms with Gasteiger partial charge in [0.15, 0.2) is 0 Å². The van der Waals surface area contributed by atoms with Gasteiger partial charge in [-0.2, -0.15) is 0 Å². The Balaban J connectivity index is 1.82. The van der Waals surface area contributed by atoms with Crippen LogP contribution in [0.5, 0.6) is 0 Å². The van der Waals surface area contributed by atoms with Crippen LogP contribution in [0.3, 0.4) is 0 Å². The number of benzene rings is 2. The molecule has 2 aromatic carbocycles. The van der Waals surface area contributed by atoms with Crippen LogP contribution in [0.15, 0.2) is 54.6 Å². The van der Waals surface area contributed by atoms with E-state index in [4.69, 9.17) is 11.6 Å². The fraction of sp³-hybridized carbons (Fsp3) is 0.176. The van der Waals surface area contributed by atoms with Gasteiger partial charge in [0, 0.05) is 11.9 Å². The van der Waals surface area contributed by atoms with Gasteiger partial charge in [0.05, 0.1) is 5.52 Å². The van der Waals surface area contributed by atoms with Crippen LogP contribution in [0.4, 0.5) is 5.82 Å². The second kappa shape index (κ2) is 6.10. The summed E-state index contributed by atoms with van der Waals surface area (Å²) in [6, 6.07) is 18.3. The molecular formula is C17H16ClN3. The Morgan fingerprint density at radius 1 is 1.00 bits per heavy atom. The number of nitrogens with one attached hydrogen (secondary N) is 1. The van der Waals surface area contributed by atoms with Gasteiger partial charge in [-0.05, 0) is 35.2 Å². The molecule has 3 nitrogen and oxygen atoms in total. The summed E-state index contributed by atoms with van der Waals surface area (Å²) in [6.45, 7) is 2.98. The number of halogens is 1. The van der Waals surface area contributed by atoms with Crippen LogP contribution in [0.2, 0.25) is 5.28 Å². The molecule has 1 unspecified atom stereocenters. The summed E-state index contributed by atoms with van der Waals surface area (Å²) >= 11 is 5.99. The lowest BCUT2D eigenvalue weighted by Gasteiger charge is -2.14. The first kappa shape index (κ1) is 13.8. The van der Waals surface area contributed by atoms with Gasteiger partial charge in [0.1, 0.15) is 5.82 Å². The van der Waals surface area contributed by atoms with Crippen molar-refractivity contribution in [1.29, 1.82) is 0 Å². The molecule has 0 fully saturated rings. The first-order valence-electron chi connectivity index (χ1n) is 6.95. The van der Waals surface area contributed by atoms with E-state index in [1.165, 1.54) is 5.56 Å². The zero-order valence-corrected chi connectivity index (χ0v) is 12.5. The molecule has 3 aromatic rings. The molecule has 1 atom stereocenters. The number of fused-ring (bicyclic) bond motifs is 1. The minimum absolute atomic E-state index is 0.267. The highest BCUT2D eigenvalue weighted by Gasteiger charge is 2.09. The third-order valence-corrected chi connectivity index (χ3v) is 3.69. The number of anilines is 1. The third kappa shape index (κ3) is 3.14. The molecule has 106 valence electrons. The van der Waals surface area contributed by atoms with Gasteiger partial charge in [-0.25, -0.2) is 9.97 Å². The summed E-state index contributed by atoms with van der Waals surface area (Å²) in [6.07, 6.45) is 0. The van der Waals surface area contributed by atoms with Crippen molar-refractivity contribution in [2.75, 3.05) is 11.9 Å². The van der Waals surface area contributed by atoms with Gasteiger partial charge in [-0.1, -0.05) is 49.4 Å². The highest BCUT2D eigenvalue weighted by molar-refractivity contribution is 6.28. The van der Waals surface area contributed by atoms with Gasteiger partial charge in [0.2, 0.25) is 5.28 Å². The Labute approximate surface area is 129 Å². The Morgan fingerprint density at radius 2 is 1.71 bits per heavy atom. The van der Waals surface area contributed by atoms with Crippen LogP contribution in [-0.4, -0.2) is 16.5 Å². The molecular weight excluding hydrogens is 282 g/mol. The second-order valence-electron chi connectivity index (χ2n) is 5.05. The van der Waals surface area contributed by atoms with Gasteiger partial charge in [-0.15, -0.1) is 0 Å². The summed E-state index contributed by atoms with van der Waals surface area (Å²) < 4.78 is 0. The normalized spacial score (nSPS) is 12.3. The van der Waals surface area contributed by atoms with E-state index in [1.807, 2.05) is 30.3 Å². The maximum absolute atomic E-state index is 5.99. The van der Waals surface area contributed by atoms with Crippen LogP contribution in [0.1, 0.15) is 18.4 Å².